The van der Waals surface area contributed by atoms with E-state index in [0.717, 1.165) is 5.56 Å². The van der Waals surface area contributed by atoms with Crippen LogP contribution in [0.4, 0.5) is 0 Å². The summed E-state index contributed by atoms with van der Waals surface area (Å²) in [5.41, 5.74) is -4.66. The Labute approximate surface area is 267 Å². The molecule has 0 radical (unpaired) electrons. The molecule has 46 heavy (non-hydrogen) atoms. The molecule has 1 spiro atoms. The highest BCUT2D eigenvalue weighted by Crippen LogP contribution is 2.82. The molecule has 252 valence electrons. The van der Waals surface area contributed by atoms with Crippen LogP contribution >= 0.6 is 0 Å². The number of aliphatic hydroxyl groups is 2. The number of furan rings is 1. The van der Waals surface area contributed by atoms with Gasteiger partial charge in [-0.3, -0.25) is 19.2 Å². The lowest BCUT2D eigenvalue weighted by Crippen LogP contribution is -2.83. The maximum atomic E-state index is 14.9. The number of hydrogen-bond acceptors (Lipinski definition) is 12. The van der Waals surface area contributed by atoms with E-state index < -0.39 is 93.6 Å². The number of hydrogen-bond donors (Lipinski definition) is 2. The minimum Gasteiger partial charge on any atom is -0.472 e. The van der Waals surface area contributed by atoms with Gasteiger partial charge in [-0.2, -0.15) is 0 Å². The summed E-state index contributed by atoms with van der Waals surface area (Å²) < 4.78 is 35.9. The van der Waals surface area contributed by atoms with Gasteiger partial charge in [-0.1, -0.05) is 27.7 Å². The van der Waals surface area contributed by atoms with Crippen LogP contribution in [-0.2, 0) is 42.9 Å². The van der Waals surface area contributed by atoms with Crippen LogP contribution in [0.15, 0.2) is 23.0 Å². The van der Waals surface area contributed by atoms with Crippen molar-refractivity contribution >= 4 is 23.7 Å². The zero-order chi connectivity index (χ0) is 33.4. The first-order chi connectivity index (χ1) is 21.5. The largest absolute Gasteiger partial charge is 0.472 e. The zero-order valence-corrected chi connectivity index (χ0v) is 27.3. The van der Waals surface area contributed by atoms with E-state index in [0.29, 0.717) is 6.42 Å². The second-order valence-electron chi connectivity index (χ2n) is 15.5. The van der Waals surface area contributed by atoms with Crippen LogP contribution in [-0.4, -0.2) is 82.9 Å². The highest BCUT2D eigenvalue weighted by molar-refractivity contribution is 5.87. The molecule has 4 saturated carbocycles. The van der Waals surface area contributed by atoms with Crippen LogP contribution in [0, 0.1) is 39.4 Å². The number of epoxide rings is 1. The lowest BCUT2D eigenvalue weighted by atomic mass is 9.33. The summed E-state index contributed by atoms with van der Waals surface area (Å²) in [6.07, 6.45) is -2.79. The van der Waals surface area contributed by atoms with Crippen LogP contribution < -0.4 is 0 Å². The summed E-state index contributed by atoms with van der Waals surface area (Å²) in [7, 11) is 0. The summed E-state index contributed by atoms with van der Waals surface area (Å²) in [6, 6.07) is 1.90. The molecule has 3 heterocycles. The van der Waals surface area contributed by atoms with Crippen molar-refractivity contribution in [3.8, 4) is 0 Å². The Morgan fingerprint density at radius 1 is 1.02 bits per heavy atom. The van der Waals surface area contributed by atoms with Gasteiger partial charge in [0.2, 0.25) is 6.29 Å². The highest BCUT2D eigenvalue weighted by atomic mass is 16.7. The van der Waals surface area contributed by atoms with E-state index in [1.165, 1.54) is 13.8 Å². The number of aliphatic hydroxyl groups excluding tert-OH is 2. The van der Waals surface area contributed by atoms with Gasteiger partial charge in [-0.05, 0) is 43.2 Å². The second-order valence-corrected chi connectivity index (χ2v) is 15.5. The van der Waals surface area contributed by atoms with Crippen LogP contribution in [0.5, 0.6) is 0 Å². The van der Waals surface area contributed by atoms with Gasteiger partial charge in [-0.15, -0.1) is 0 Å². The molecule has 12 nitrogen and oxygen atoms in total. The highest BCUT2D eigenvalue weighted by Gasteiger charge is 2.90. The average Bonchev–Trinajstić information content (AvgIpc) is 3.34. The summed E-state index contributed by atoms with van der Waals surface area (Å²) in [6.45, 7) is 11.1. The van der Waals surface area contributed by atoms with Crippen molar-refractivity contribution in [1.29, 1.82) is 0 Å². The van der Waals surface area contributed by atoms with Crippen LogP contribution in [0.2, 0.25) is 0 Å². The number of ether oxygens (including phenoxy) is 5. The van der Waals surface area contributed by atoms with Gasteiger partial charge in [-0.25, -0.2) is 0 Å². The Kier molecular flexibility index (Phi) is 6.82. The maximum Gasteiger partial charge on any atom is 0.310 e. The third kappa shape index (κ3) is 3.59. The number of Topliss-reactive ketones (excluding diaryl/α,β-unsaturated/α-hetero) is 1. The Hall–Kier alpha value is -2.80. The van der Waals surface area contributed by atoms with Gasteiger partial charge in [0.15, 0.2) is 12.2 Å². The number of ketones is 1. The van der Waals surface area contributed by atoms with Gasteiger partial charge < -0.3 is 38.3 Å². The molecule has 2 saturated heterocycles. The molecule has 12 heteroatoms. The smallest absolute Gasteiger partial charge is 0.310 e. The fraction of sp³-hybridized carbons (Fsp3) is 0.765. The molecule has 7 rings (SSSR count). The third-order valence-electron chi connectivity index (χ3n) is 13.1. The Bertz CT molecular complexity index is 1470. The molecule has 1 aromatic rings. The van der Waals surface area contributed by atoms with E-state index in [2.05, 4.69) is 0 Å². The monoisotopic (exact) mass is 644 g/mol. The standard InChI is InChI=1S/C34H44O12/c1-15(2)28(40)45-29-31(6)21-11-22(38)32(7)25(33(21,14-42-29)26(39)24(43-16(3)35)27(31)44-17(4)36)20(37)12-30(5)19(18-8-9-41-13-18)10-23-34(30,32)46-23/h8-9,13,15,19,21-27,29,38-39H,10-12,14H2,1-7H3/t19-,21-,22+,23+,24+,25?,26-,27+,29+,30-,31+,32+,33-,34+/m0/s1. The lowest BCUT2D eigenvalue weighted by molar-refractivity contribution is -0.389. The fourth-order valence-electron chi connectivity index (χ4n) is 11.5. The van der Waals surface area contributed by atoms with Crippen molar-refractivity contribution in [3.05, 3.63) is 24.2 Å². The maximum absolute atomic E-state index is 14.9. The van der Waals surface area contributed by atoms with Gasteiger partial charge in [0, 0.05) is 42.4 Å². The Morgan fingerprint density at radius 3 is 2.33 bits per heavy atom. The predicted octanol–water partition coefficient (Wildman–Crippen LogP) is 2.67. The third-order valence-corrected chi connectivity index (χ3v) is 13.1. The molecule has 2 aliphatic heterocycles. The number of carbonyl (C=O) groups excluding carboxylic acids is 4. The number of esters is 3. The van der Waals surface area contributed by atoms with Gasteiger partial charge in [0.25, 0.3) is 0 Å². The van der Waals surface area contributed by atoms with Crippen LogP contribution in [0.1, 0.15) is 79.2 Å². The first-order valence-electron chi connectivity index (χ1n) is 16.3. The molecule has 4 aliphatic carbocycles. The normalized spacial score (nSPS) is 50.0. The molecule has 6 fully saturated rings. The van der Waals surface area contributed by atoms with Gasteiger partial charge >= 0.3 is 17.9 Å². The molecular formula is C34H44O12. The summed E-state index contributed by atoms with van der Waals surface area (Å²) in [4.78, 5) is 53.0. The summed E-state index contributed by atoms with van der Waals surface area (Å²) in [5, 5.41) is 24.9. The Morgan fingerprint density at radius 2 is 1.72 bits per heavy atom. The van der Waals surface area contributed by atoms with E-state index in [4.69, 9.17) is 28.1 Å². The molecule has 2 N–H and O–H groups in total. The number of rotatable bonds is 5. The van der Waals surface area contributed by atoms with Crippen molar-refractivity contribution < 1.29 is 57.5 Å². The minimum atomic E-state index is -1.54. The first kappa shape index (κ1) is 31.8. The van der Waals surface area contributed by atoms with E-state index in [9.17, 15) is 29.4 Å². The van der Waals surface area contributed by atoms with E-state index >= 15 is 0 Å². The summed E-state index contributed by atoms with van der Waals surface area (Å²) in [5.74, 6) is -4.50. The number of carbonyl (C=O) groups is 4. The second kappa shape index (κ2) is 9.87. The molecule has 0 amide bonds. The van der Waals surface area contributed by atoms with Crippen molar-refractivity contribution in [1.82, 2.24) is 0 Å². The molecule has 6 aliphatic rings. The molecular weight excluding hydrogens is 600 g/mol. The summed E-state index contributed by atoms with van der Waals surface area (Å²) >= 11 is 0. The SMILES string of the molecule is CC(=O)O[C@H]1[C@@H](OC(C)=O)[C@]2(C)[C@@H](OC(=O)C(C)C)OC[C@]3(C4C(=O)C[C@@]5(C)[C@H](c6ccoc6)C[C@H]6O[C@]65[C@]4(C)[C@H](O)C[C@H]32)[C@H]1O. The quantitative estimate of drug-likeness (QED) is 0.273. The van der Waals surface area contributed by atoms with Crippen LogP contribution in [0.3, 0.4) is 0 Å². The predicted molar refractivity (Wildman–Crippen MR) is 155 cm³/mol. The van der Waals surface area contributed by atoms with E-state index in [1.807, 2.05) is 19.9 Å². The van der Waals surface area contributed by atoms with E-state index in [-0.39, 0.29) is 37.3 Å². The topological polar surface area (TPSA) is 171 Å². The molecule has 14 atom stereocenters. The average molecular weight is 645 g/mol. The van der Waals surface area contributed by atoms with Crippen molar-refractivity contribution in [2.45, 2.75) is 116 Å². The molecule has 0 aromatic carbocycles. The minimum absolute atomic E-state index is 0.0553. The molecule has 1 unspecified atom stereocenters. The Balaban J connectivity index is 1.41. The van der Waals surface area contributed by atoms with Crippen molar-refractivity contribution in [2.24, 2.45) is 39.4 Å². The fourth-order valence-corrected chi connectivity index (χ4v) is 11.5. The molecule has 1 aromatic heterocycles. The lowest BCUT2D eigenvalue weighted by Gasteiger charge is -2.73. The number of fused-ring (bicyclic) bond motifs is 1. The van der Waals surface area contributed by atoms with Crippen molar-refractivity contribution in [2.75, 3.05) is 6.61 Å². The van der Waals surface area contributed by atoms with Gasteiger partial charge in [0.05, 0.1) is 42.7 Å². The van der Waals surface area contributed by atoms with E-state index in [1.54, 1.807) is 33.3 Å². The first-order valence-corrected chi connectivity index (χ1v) is 16.3. The van der Waals surface area contributed by atoms with Crippen LogP contribution in [0.25, 0.3) is 0 Å². The zero-order valence-electron chi connectivity index (χ0n) is 27.3. The van der Waals surface area contributed by atoms with Crippen molar-refractivity contribution in [3.63, 3.8) is 0 Å². The molecule has 2 bridgehead atoms. The van der Waals surface area contributed by atoms with Gasteiger partial charge in [0.1, 0.15) is 17.5 Å².